The summed E-state index contributed by atoms with van der Waals surface area (Å²) in [5.74, 6) is 0.685. The Bertz CT molecular complexity index is 366. The quantitative estimate of drug-likeness (QED) is 0.677. The minimum absolute atomic E-state index is 0.594. The zero-order valence-electron chi connectivity index (χ0n) is 7.12. The van der Waals surface area contributed by atoms with E-state index in [0.717, 1.165) is 5.56 Å². The first kappa shape index (κ1) is 9.63. The van der Waals surface area contributed by atoms with Crippen molar-refractivity contribution >= 4 is 17.7 Å². The van der Waals surface area contributed by atoms with Crippen LogP contribution in [0.15, 0.2) is 24.3 Å². The first-order valence-electron chi connectivity index (χ1n) is 3.67. The molecule has 3 heteroatoms. The van der Waals surface area contributed by atoms with Crippen LogP contribution >= 0.6 is 11.6 Å². The van der Waals surface area contributed by atoms with E-state index in [2.05, 4.69) is 0 Å². The zero-order chi connectivity index (χ0) is 9.68. The molecule has 0 aliphatic carbocycles. The molecule has 66 valence electrons. The highest BCUT2D eigenvalue weighted by molar-refractivity contribution is 6.30. The van der Waals surface area contributed by atoms with Crippen LogP contribution < -0.4 is 4.74 Å². The summed E-state index contributed by atoms with van der Waals surface area (Å²) < 4.78 is 5.01. The summed E-state index contributed by atoms with van der Waals surface area (Å²) >= 11 is 5.81. The van der Waals surface area contributed by atoms with Crippen molar-refractivity contribution < 1.29 is 4.74 Å². The van der Waals surface area contributed by atoms with Crippen LogP contribution in [0.2, 0.25) is 5.02 Å². The van der Waals surface area contributed by atoms with Crippen molar-refractivity contribution in [1.82, 2.24) is 0 Å². The summed E-state index contributed by atoms with van der Waals surface area (Å²) in [5.41, 5.74) is 0.853. The molecule has 0 aliphatic rings. The fourth-order valence-electron chi connectivity index (χ4n) is 0.932. The van der Waals surface area contributed by atoms with E-state index in [1.165, 1.54) is 6.08 Å². The third-order valence-electron chi connectivity index (χ3n) is 1.48. The molecule has 0 fully saturated rings. The molecule has 0 spiro atoms. The van der Waals surface area contributed by atoms with Crippen molar-refractivity contribution in [3.8, 4) is 11.8 Å². The molecule has 0 radical (unpaired) electrons. The SMILES string of the molecule is COc1cc(Cl)cc(C=CC#N)c1. The average molecular weight is 194 g/mol. The molecule has 0 bridgehead atoms. The van der Waals surface area contributed by atoms with Crippen LogP contribution in [0.1, 0.15) is 5.56 Å². The number of rotatable bonds is 2. The average Bonchev–Trinajstić information content (AvgIpc) is 2.14. The van der Waals surface area contributed by atoms with Crippen molar-refractivity contribution in [3.63, 3.8) is 0 Å². The molecule has 0 saturated heterocycles. The first-order chi connectivity index (χ1) is 6.26. The Labute approximate surface area is 82.0 Å². The third-order valence-corrected chi connectivity index (χ3v) is 1.70. The van der Waals surface area contributed by atoms with Crippen molar-refractivity contribution in [2.45, 2.75) is 0 Å². The highest BCUT2D eigenvalue weighted by atomic mass is 35.5. The van der Waals surface area contributed by atoms with E-state index < -0.39 is 0 Å². The molecule has 0 heterocycles. The summed E-state index contributed by atoms with van der Waals surface area (Å²) in [4.78, 5) is 0. The number of allylic oxidation sites excluding steroid dienone is 1. The van der Waals surface area contributed by atoms with Crippen LogP contribution in [0.4, 0.5) is 0 Å². The summed E-state index contributed by atoms with van der Waals surface area (Å²) in [5, 5.41) is 8.92. The normalized spacial score (nSPS) is 9.92. The van der Waals surface area contributed by atoms with Crippen molar-refractivity contribution in [1.29, 1.82) is 5.26 Å². The number of nitriles is 1. The van der Waals surface area contributed by atoms with E-state index in [9.17, 15) is 0 Å². The molecule has 0 aromatic heterocycles. The van der Waals surface area contributed by atoms with Crippen molar-refractivity contribution in [2.75, 3.05) is 7.11 Å². The van der Waals surface area contributed by atoms with Crippen LogP contribution in [-0.4, -0.2) is 7.11 Å². The second-order valence-corrected chi connectivity index (χ2v) is 2.82. The van der Waals surface area contributed by atoms with Gasteiger partial charge in [0.15, 0.2) is 0 Å². The molecular formula is C10H8ClNO. The third kappa shape index (κ3) is 2.81. The maximum atomic E-state index is 8.32. The second kappa shape index (κ2) is 4.54. The number of benzene rings is 1. The summed E-state index contributed by atoms with van der Waals surface area (Å²) in [6, 6.07) is 7.19. The molecule has 0 amide bonds. The molecule has 0 saturated carbocycles. The van der Waals surface area contributed by atoms with Gasteiger partial charge in [-0.05, 0) is 29.8 Å². The Morgan fingerprint density at radius 3 is 2.85 bits per heavy atom. The number of hydrogen-bond donors (Lipinski definition) is 0. The van der Waals surface area contributed by atoms with Gasteiger partial charge in [0.1, 0.15) is 5.75 Å². The Hall–Kier alpha value is -1.46. The summed E-state index contributed by atoms with van der Waals surface area (Å²) in [7, 11) is 1.57. The Balaban J connectivity index is 3.03. The smallest absolute Gasteiger partial charge is 0.120 e. The number of ether oxygens (including phenoxy) is 1. The zero-order valence-corrected chi connectivity index (χ0v) is 7.88. The lowest BCUT2D eigenvalue weighted by Crippen LogP contribution is -1.83. The summed E-state index contributed by atoms with van der Waals surface area (Å²) in [6.45, 7) is 0. The highest BCUT2D eigenvalue weighted by Crippen LogP contribution is 2.21. The van der Waals surface area contributed by atoms with Crippen molar-refractivity contribution in [3.05, 3.63) is 34.9 Å². The van der Waals surface area contributed by atoms with Crippen LogP contribution in [0, 0.1) is 11.3 Å². The molecule has 1 rings (SSSR count). The predicted octanol–water partition coefficient (Wildman–Crippen LogP) is 2.89. The summed E-state index contributed by atoms with van der Waals surface area (Å²) in [6.07, 6.45) is 3.07. The lowest BCUT2D eigenvalue weighted by atomic mass is 10.2. The highest BCUT2D eigenvalue weighted by Gasteiger charge is 1.96. The maximum Gasteiger partial charge on any atom is 0.120 e. The first-order valence-corrected chi connectivity index (χ1v) is 4.05. The molecule has 0 aliphatic heterocycles. The fourth-order valence-corrected chi connectivity index (χ4v) is 1.17. The van der Waals surface area contributed by atoms with E-state index >= 15 is 0 Å². The van der Waals surface area contributed by atoms with Gasteiger partial charge in [0.25, 0.3) is 0 Å². The van der Waals surface area contributed by atoms with E-state index in [1.54, 1.807) is 31.4 Å². The number of halogens is 1. The van der Waals surface area contributed by atoms with Crippen LogP contribution in [-0.2, 0) is 0 Å². The fraction of sp³-hybridized carbons (Fsp3) is 0.100. The maximum absolute atomic E-state index is 8.32. The van der Waals surface area contributed by atoms with Gasteiger partial charge in [-0.3, -0.25) is 0 Å². The molecule has 2 nitrogen and oxygen atoms in total. The number of methoxy groups -OCH3 is 1. The van der Waals surface area contributed by atoms with E-state index in [4.69, 9.17) is 21.6 Å². The van der Waals surface area contributed by atoms with Crippen molar-refractivity contribution in [2.24, 2.45) is 0 Å². The van der Waals surface area contributed by atoms with Gasteiger partial charge < -0.3 is 4.74 Å². The van der Waals surface area contributed by atoms with Crippen LogP contribution in [0.5, 0.6) is 5.75 Å². The van der Waals surface area contributed by atoms with Crippen LogP contribution in [0.25, 0.3) is 6.08 Å². The van der Waals surface area contributed by atoms with E-state index in [0.29, 0.717) is 10.8 Å². The Morgan fingerprint density at radius 2 is 2.23 bits per heavy atom. The van der Waals surface area contributed by atoms with Gasteiger partial charge in [-0.25, -0.2) is 0 Å². The van der Waals surface area contributed by atoms with Gasteiger partial charge in [0.05, 0.1) is 13.2 Å². The van der Waals surface area contributed by atoms with Gasteiger partial charge in [-0.15, -0.1) is 0 Å². The molecular weight excluding hydrogens is 186 g/mol. The van der Waals surface area contributed by atoms with Gasteiger partial charge >= 0.3 is 0 Å². The minimum Gasteiger partial charge on any atom is -0.497 e. The Morgan fingerprint density at radius 1 is 1.46 bits per heavy atom. The molecule has 13 heavy (non-hydrogen) atoms. The Kier molecular flexibility index (Phi) is 3.36. The molecule has 0 unspecified atom stereocenters. The van der Waals surface area contributed by atoms with Gasteiger partial charge in [0.2, 0.25) is 0 Å². The van der Waals surface area contributed by atoms with Gasteiger partial charge in [-0.2, -0.15) is 5.26 Å². The monoisotopic (exact) mass is 193 g/mol. The lowest BCUT2D eigenvalue weighted by Gasteiger charge is -2.01. The molecule has 0 atom stereocenters. The lowest BCUT2D eigenvalue weighted by molar-refractivity contribution is 0.415. The standard InChI is InChI=1S/C10H8ClNO/c1-13-10-6-8(3-2-4-12)5-9(11)7-10/h2-3,5-7H,1H3. The largest absolute Gasteiger partial charge is 0.497 e. The second-order valence-electron chi connectivity index (χ2n) is 2.39. The topological polar surface area (TPSA) is 33.0 Å². The van der Waals surface area contributed by atoms with Gasteiger partial charge in [-0.1, -0.05) is 11.6 Å². The van der Waals surface area contributed by atoms with Gasteiger partial charge in [0, 0.05) is 11.1 Å². The molecule has 1 aromatic carbocycles. The van der Waals surface area contributed by atoms with E-state index in [1.807, 2.05) is 6.07 Å². The minimum atomic E-state index is 0.594. The molecule has 0 N–H and O–H groups in total. The molecule has 1 aromatic rings. The van der Waals surface area contributed by atoms with E-state index in [-0.39, 0.29) is 0 Å². The predicted molar refractivity (Wildman–Crippen MR) is 52.7 cm³/mol. The number of hydrogen-bond acceptors (Lipinski definition) is 2. The number of nitrogens with zero attached hydrogens (tertiary/aromatic N) is 1. The van der Waals surface area contributed by atoms with Crippen LogP contribution in [0.3, 0.4) is 0 Å².